The molecule has 0 aliphatic carbocycles. The first-order chi connectivity index (χ1) is 12.1. The van der Waals surface area contributed by atoms with Gasteiger partial charge in [0.25, 0.3) is 0 Å². The molecule has 1 unspecified atom stereocenters. The molecule has 1 aromatic carbocycles. The third kappa shape index (κ3) is 7.55. The normalized spacial score (nSPS) is 12.1. The SMILES string of the molecule is CN=C(NCCc1ccc(C)nc1)NCC(C)Oc1ccccc1F.I. The number of benzene rings is 1. The second-order valence-electron chi connectivity index (χ2n) is 5.80. The molecule has 1 heterocycles. The van der Waals surface area contributed by atoms with Crippen LogP contribution in [0.1, 0.15) is 18.2 Å². The van der Waals surface area contributed by atoms with Gasteiger partial charge in [0.1, 0.15) is 6.10 Å². The van der Waals surface area contributed by atoms with E-state index in [1.807, 2.05) is 26.1 Å². The van der Waals surface area contributed by atoms with Gasteiger partial charge in [-0.1, -0.05) is 18.2 Å². The van der Waals surface area contributed by atoms with E-state index in [1.54, 1.807) is 25.2 Å². The predicted octanol–water partition coefficient (Wildman–Crippen LogP) is 3.32. The first-order valence-corrected chi connectivity index (χ1v) is 8.35. The van der Waals surface area contributed by atoms with E-state index < -0.39 is 0 Å². The summed E-state index contributed by atoms with van der Waals surface area (Å²) in [6.45, 7) is 5.11. The fourth-order valence-electron chi connectivity index (χ4n) is 2.23. The highest BCUT2D eigenvalue weighted by molar-refractivity contribution is 14.0. The Kier molecular flexibility index (Phi) is 9.93. The standard InChI is InChI=1S/C19H25FN4O.HI/c1-14-8-9-16(13-23-14)10-11-22-19(21-3)24-12-15(2)25-18-7-5-4-6-17(18)20;/h4-9,13,15H,10-12H2,1-3H3,(H2,21,22,24);1H. The quantitative estimate of drug-likeness (QED) is 0.369. The largest absolute Gasteiger partial charge is 0.486 e. The fraction of sp³-hybridized carbons (Fsp3) is 0.368. The Bertz CT molecular complexity index is 694. The highest BCUT2D eigenvalue weighted by Gasteiger charge is 2.08. The number of pyridine rings is 1. The van der Waals surface area contributed by atoms with Crippen molar-refractivity contribution >= 4 is 29.9 Å². The molecule has 1 atom stereocenters. The van der Waals surface area contributed by atoms with Crippen molar-refractivity contribution in [1.29, 1.82) is 0 Å². The van der Waals surface area contributed by atoms with E-state index in [4.69, 9.17) is 4.74 Å². The molecule has 1 aromatic heterocycles. The molecular weight excluding hydrogens is 446 g/mol. The molecule has 7 heteroatoms. The number of nitrogens with one attached hydrogen (secondary N) is 2. The molecule has 0 radical (unpaired) electrons. The summed E-state index contributed by atoms with van der Waals surface area (Å²) in [6.07, 6.45) is 2.55. The highest BCUT2D eigenvalue weighted by Crippen LogP contribution is 2.16. The van der Waals surface area contributed by atoms with Gasteiger partial charge < -0.3 is 15.4 Å². The maximum absolute atomic E-state index is 13.6. The Balaban J connectivity index is 0.00000338. The zero-order chi connectivity index (χ0) is 18.1. The number of para-hydroxylation sites is 1. The van der Waals surface area contributed by atoms with Crippen LogP contribution in [0.5, 0.6) is 5.75 Å². The predicted molar refractivity (Wildman–Crippen MR) is 114 cm³/mol. The Morgan fingerprint density at radius 3 is 2.65 bits per heavy atom. The Morgan fingerprint density at radius 2 is 2.00 bits per heavy atom. The molecule has 2 rings (SSSR count). The average Bonchev–Trinajstić information content (AvgIpc) is 2.61. The van der Waals surface area contributed by atoms with Crippen LogP contribution in [0.2, 0.25) is 0 Å². The molecule has 0 aliphatic rings. The maximum atomic E-state index is 13.6. The molecule has 2 aromatic rings. The van der Waals surface area contributed by atoms with Gasteiger partial charge in [-0.05, 0) is 44.0 Å². The van der Waals surface area contributed by atoms with Gasteiger partial charge in [-0.2, -0.15) is 0 Å². The summed E-state index contributed by atoms with van der Waals surface area (Å²) in [5.41, 5.74) is 2.18. The smallest absolute Gasteiger partial charge is 0.191 e. The second-order valence-corrected chi connectivity index (χ2v) is 5.80. The van der Waals surface area contributed by atoms with Crippen molar-refractivity contribution in [2.75, 3.05) is 20.1 Å². The number of hydrogen-bond donors (Lipinski definition) is 2. The highest BCUT2D eigenvalue weighted by atomic mass is 127. The van der Waals surface area contributed by atoms with Gasteiger partial charge >= 0.3 is 0 Å². The van der Waals surface area contributed by atoms with Crippen LogP contribution in [0.15, 0.2) is 47.6 Å². The Hall–Kier alpha value is -1.90. The lowest BCUT2D eigenvalue weighted by Gasteiger charge is -2.18. The van der Waals surface area contributed by atoms with E-state index in [1.165, 1.54) is 11.6 Å². The monoisotopic (exact) mass is 472 g/mol. The van der Waals surface area contributed by atoms with Crippen molar-refractivity contribution in [2.45, 2.75) is 26.4 Å². The van der Waals surface area contributed by atoms with E-state index in [9.17, 15) is 4.39 Å². The summed E-state index contributed by atoms with van der Waals surface area (Å²) in [4.78, 5) is 8.46. The van der Waals surface area contributed by atoms with Gasteiger partial charge in [0.05, 0.1) is 6.54 Å². The molecule has 5 nitrogen and oxygen atoms in total. The van der Waals surface area contributed by atoms with Gasteiger partial charge in [0, 0.05) is 25.5 Å². The molecule has 0 spiro atoms. The van der Waals surface area contributed by atoms with Crippen molar-refractivity contribution in [3.05, 3.63) is 59.7 Å². The van der Waals surface area contributed by atoms with Crippen LogP contribution in [0.3, 0.4) is 0 Å². The minimum Gasteiger partial charge on any atom is -0.486 e. The van der Waals surface area contributed by atoms with Crippen LogP contribution < -0.4 is 15.4 Å². The van der Waals surface area contributed by atoms with Crippen LogP contribution in [-0.2, 0) is 6.42 Å². The maximum Gasteiger partial charge on any atom is 0.191 e. The number of rotatable bonds is 7. The van der Waals surface area contributed by atoms with E-state index in [-0.39, 0.29) is 41.6 Å². The van der Waals surface area contributed by atoms with Gasteiger partial charge in [-0.15, -0.1) is 24.0 Å². The third-order valence-electron chi connectivity index (χ3n) is 3.62. The van der Waals surface area contributed by atoms with Crippen molar-refractivity contribution in [3.8, 4) is 5.75 Å². The van der Waals surface area contributed by atoms with Gasteiger partial charge in [0.15, 0.2) is 17.5 Å². The average molecular weight is 472 g/mol. The number of aliphatic imine (C=N–C) groups is 1. The summed E-state index contributed by atoms with van der Waals surface area (Å²) in [5, 5.41) is 6.42. The third-order valence-corrected chi connectivity index (χ3v) is 3.62. The molecule has 0 saturated carbocycles. The van der Waals surface area contributed by atoms with Crippen LogP contribution in [-0.4, -0.2) is 37.2 Å². The number of hydrogen-bond acceptors (Lipinski definition) is 3. The van der Waals surface area contributed by atoms with Crippen molar-refractivity contribution in [3.63, 3.8) is 0 Å². The number of aromatic nitrogens is 1. The first kappa shape index (κ1) is 22.1. The number of nitrogens with zero attached hydrogens (tertiary/aromatic N) is 2. The lowest BCUT2D eigenvalue weighted by Crippen LogP contribution is -2.42. The summed E-state index contributed by atoms with van der Waals surface area (Å²) < 4.78 is 19.2. The van der Waals surface area contributed by atoms with E-state index >= 15 is 0 Å². The van der Waals surface area contributed by atoms with E-state index in [0.29, 0.717) is 12.5 Å². The minimum absolute atomic E-state index is 0. The summed E-state index contributed by atoms with van der Waals surface area (Å²) in [7, 11) is 1.71. The summed E-state index contributed by atoms with van der Waals surface area (Å²) in [6, 6.07) is 10.5. The van der Waals surface area contributed by atoms with Gasteiger partial charge in [-0.25, -0.2) is 4.39 Å². The number of ether oxygens (including phenoxy) is 1. The van der Waals surface area contributed by atoms with Crippen molar-refractivity contribution in [1.82, 2.24) is 15.6 Å². The van der Waals surface area contributed by atoms with Crippen LogP contribution in [0.4, 0.5) is 4.39 Å². The number of halogens is 2. The molecule has 26 heavy (non-hydrogen) atoms. The first-order valence-electron chi connectivity index (χ1n) is 8.35. The zero-order valence-electron chi connectivity index (χ0n) is 15.3. The van der Waals surface area contributed by atoms with Gasteiger partial charge in [-0.3, -0.25) is 9.98 Å². The lowest BCUT2D eigenvalue weighted by atomic mass is 10.2. The van der Waals surface area contributed by atoms with Crippen LogP contribution >= 0.6 is 24.0 Å². The molecule has 0 saturated heterocycles. The lowest BCUT2D eigenvalue weighted by molar-refractivity contribution is 0.214. The van der Waals surface area contributed by atoms with E-state index in [0.717, 1.165) is 18.7 Å². The molecular formula is C19H26FIN4O. The van der Waals surface area contributed by atoms with Gasteiger partial charge in [0.2, 0.25) is 0 Å². The topological polar surface area (TPSA) is 58.5 Å². The van der Waals surface area contributed by atoms with Crippen LogP contribution in [0.25, 0.3) is 0 Å². The Morgan fingerprint density at radius 1 is 1.23 bits per heavy atom. The van der Waals surface area contributed by atoms with Crippen molar-refractivity contribution < 1.29 is 9.13 Å². The molecule has 142 valence electrons. The zero-order valence-corrected chi connectivity index (χ0v) is 17.7. The molecule has 2 N–H and O–H groups in total. The number of guanidine groups is 1. The molecule has 0 bridgehead atoms. The van der Waals surface area contributed by atoms with Crippen molar-refractivity contribution in [2.24, 2.45) is 4.99 Å². The summed E-state index contributed by atoms with van der Waals surface area (Å²) >= 11 is 0. The second kappa shape index (κ2) is 11.7. The summed E-state index contributed by atoms with van der Waals surface area (Å²) in [5.74, 6) is 0.583. The van der Waals surface area contributed by atoms with Crippen LogP contribution in [0, 0.1) is 12.7 Å². The molecule has 0 amide bonds. The Labute approximate surface area is 171 Å². The molecule has 0 aliphatic heterocycles. The fourth-order valence-corrected chi connectivity index (χ4v) is 2.23. The molecule has 0 fully saturated rings. The van der Waals surface area contributed by atoms with E-state index in [2.05, 4.69) is 26.7 Å². The number of aryl methyl sites for hydroxylation is 1. The minimum atomic E-state index is -0.358.